The SMILES string of the molecule is CCCCCc1ccccc1Nc1nc(Nc2ccc(CCC)cc2)ncc1C(F)(F)F. The van der Waals surface area contributed by atoms with Gasteiger partial charge in [0.25, 0.3) is 0 Å². The molecule has 0 aliphatic carbocycles. The molecule has 2 aromatic carbocycles. The number of hydrogen-bond donors (Lipinski definition) is 2. The molecule has 0 atom stereocenters. The summed E-state index contributed by atoms with van der Waals surface area (Å²) in [5.74, 6) is -0.159. The number of aryl methyl sites for hydroxylation is 2. The Balaban J connectivity index is 1.87. The number of nitrogens with one attached hydrogen (secondary N) is 2. The Bertz CT molecular complexity index is 1000. The second-order valence-electron chi connectivity index (χ2n) is 7.76. The van der Waals surface area contributed by atoms with E-state index in [9.17, 15) is 13.2 Å². The van der Waals surface area contributed by atoms with Crippen molar-refractivity contribution in [2.75, 3.05) is 10.6 Å². The first kappa shape index (κ1) is 23.6. The predicted molar refractivity (Wildman–Crippen MR) is 124 cm³/mol. The molecule has 0 unspecified atom stereocenters. The Labute approximate surface area is 187 Å². The van der Waals surface area contributed by atoms with Gasteiger partial charge in [-0.25, -0.2) is 4.98 Å². The van der Waals surface area contributed by atoms with E-state index in [2.05, 4.69) is 34.4 Å². The van der Waals surface area contributed by atoms with E-state index in [1.165, 1.54) is 5.56 Å². The third-order valence-electron chi connectivity index (χ3n) is 5.16. The summed E-state index contributed by atoms with van der Waals surface area (Å²) in [5, 5.41) is 5.92. The second-order valence-corrected chi connectivity index (χ2v) is 7.76. The highest BCUT2D eigenvalue weighted by molar-refractivity contribution is 5.65. The second kappa shape index (κ2) is 11.0. The van der Waals surface area contributed by atoms with Crippen LogP contribution in [0.3, 0.4) is 0 Å². The van der Waals surface area contributed by atoms with E-state index in [4.69, 9.17) is 0 Å². The molecule has 0 fully saturated rings. The van der Waals surface area contributed by atoms with Gasteiger partial charge < -0.3 is 10.6 Å². The monoisotopic (exact) mass is 442 g/mol. The van der Waals surface area contributed by atoms with Crippen LogP contribution in [0.25, 0.3) is 0 Å². The number of hydrogen-bond acceptors (Lipinski definition) is 4. The van der Waals surface area contributed by atoms with Crippen LogP contribution in [0.2, 0.25) is 0 Å². The van der Waals surface area contributed by atoms with E-state index in [1.54, 1.807) is 12.1 Å². The molecule has 3 rings (SSSR count). The van der Waals surface area contributed by atoms with Gasteiger partial charge in [0.2, 0.25) is 5.95 Å². The number of unbranched alkanes of at least 4 members (excludes halogenated alkanes) is 2. The molecule has 0 spiro atoms. The third kappa shape index (κ3) is 6.45. The number of benzene rings is 2. The largest absolute Gasteiger partial charge is 0.421 e. The summed E-state index contributed by atoms with van der Waals surface area (Å²) in [6.07, 6.45) is 2.19. The van der Waals surface area contributed by atoms with Crippen molar-refractivity contribution < 1.29 is 13.2 Å². The van der Waals surface area contributed by atoms with Crippen LogP contribution < -0.4 is 10.6 Å². The minimum absolute atomic E-state index is 0.104. The molecule has 1 aromatic heterocycles. The number of anilines is 4. The van der Waals surface area contributed by atoms with Gasteiger partial charge in [0.1, 0.15) is 11.4 Å². The number of nitrogens with zero attached hydrogens (tertiary/aromatic N) is 2. The summed E-state index contributed by atoms with van der Waals surface area (Å²) in [5.41, 5.74) is 2.62. The zero-order valence-corrected chi connectivity index (χ0v) is 18.5. The molecular formula is C25H29F3N4. The Kier molecular flexibility index (Phi) is 8.09. The highest BCUT2D eigenvalue weighted by Gasteiger charge is 2.35. The van der Waals surface area contributed by atoms with Crippen molar-refractivity contribution >= 4 is 23.1 Å². The molecular weight excluding hydrogens is 413 g/mol. The smallest absolute Gasteiger partial charge is 0.339 e. The minimum Gasteiger partial charge on any atom is -0.339 e. The maximum Gasteiger partial charge on any atom is 0.421 e. The molecule has 0 aliphatic heterocycles. The van der Waals surface area contributed by atoms with Gasteiger partial charge in [-0.15, -0.1) is 0 Å². The maximum absolute atomic E-state index is 13.6. The lowest BCUT2D eigenvalue weighted by Gasteiger charge is -2.17. The fourth-order valence-corrected chi connectivity index (χ4v) is 3.47. The van der Waals surface area contributed by atoms with Crippen LogP contribution in [0.5, 0.6) is 0 Å². The molecule has 170 valence electrons. The molecule has 0 saturated carbocycles. The lowest BCUT2D eigenvalue weighted by atomic mass is 10.1. The van der Waals surface area contributed by atoms with Crippen LogP contribution in [0.1, 0.15) is 56.2 Å². The van der Waals surface area contributed by atoms with Crippen LogP contribution in [0.15, 0.2) is 54.7 Å². The molecule has 1 heterocycles. The van der Waals surface area contributed by atoms with Crippen LogP contribution in [0, 0.1) is 0 Å². The van der Waals surface area contributed by atoms with Crippen molar-refractivity contribution in [2.45, 2.75) is 58.5 Å². The standard InChI is InChI=1S/C25H29F3N4/c1-3-5-6-10-19-11-7-8-12-22(19)31-23-21(25(26,27)28)17-29-24(32-23)30-20-15-13-18(9-4-2)14-16-20/h7-8,11-17H,3-6,9-10H2,1-2H3,(H2,29,30,31,32). The van der Waals surface area contributed by atoms with Gasteiger partial charge in [-0.3, -0.25) is 0 Å². The van der Waals surface area contributed by atoms with Gasteiger partial charge in [-0.05, 0) is 48.6 Å². The summed E-state index contributed by atoms with van der Waals surface area (Å²) in [7, 11) is 0. The molecule has 0 radical (unpaired) electrons. The Morgan fingerprint density at radius 2 is 1.59 bits per heavy atom. The van der Waals surface area contributed by atoms with E-state index in [0.717, 1.165) is 56.0 Å². The summed E-state index contributed by atoms with van der Waals surface area (Å²) < 4.78 is 40.9. The maximum atomic E-state index is 13.6. The number of aromatic nitrogens is 2. The molecule has 4 nitrogen and oxygen atoms in total. The average molecular weight is 443 g/mol. The quantitative estimate of drug-likeness (QED) is 0.316. The first-order valence-electron chi connectivity index (χ1n) is 11.1. The summed E-state index contributed by atoms with van der Waals surface area (Å²) in [6.45, 7) is 4.23. The molecule has 0 amide bonds. The number of rotatable bonds is 10. The van der Waals surface area contributed by atoms with Crippen molar-refractivity contribution in [3.05, 3.63) is 71.4 Å². The van der Waals surface area contributed by atoms with Gasteiger partial charge in [0.05, 0.1) is 0 Å². The van der Waals surface area contributed by atoms with Gasteiger partial charge in [-0.2, -0.15) is 18.2 Å². The fraction of sp³-hybridized carbons (Fsp3) is 0.360. The molecule has 0 saturated heterocycles. The van der Waals surface area contributed by atoms with Crippen LogP contribution in [-0.2, 0) is 19.0 Å². The molecule has 2 N–H and O–H groups in total. The highest BCUT2D eigenvalue weighted by Crippen LogP contribution is 2.36. The molecule has 0 aliphatic rings. The first-order valence-corrected chi connectivity index (χ1v) is 11.1. The lowest BCUT2D eigenvalue weighted by molar-refractivity contribution is -0.137. The highest BCUT2D eigenvalue weighted by atomic mass is 19.4. The normalized spacial score (nSPS) is 11.4. The van der Waals surface area contributed by atoms with Gasteiger partial charge in [0, 0.05) is 17.6 Å². The van der Waals surface area contributed by atoms with Gasteiger partial charge >= 0.3 is 6.18 Å². The summed E-state index contributed by atoms with van der Waals surface area (Å²) >= 11 is 0. The fourth-order valence-electron chi connectivity index (χ4n) is 3.47. The van der Waals surface area contributed by atoms with Crippen LogP contribution in [0.4, 0.5) is 36.3 Å². The zero-order valence-electron chi connectivity index (χ0n) is 18.5. The predicted octanol–water partition coefficient (Wildman–Crippen LogP) is 7.67. The lowest BCUT2D eigenvalue weighted by Crippen LogP contribution is -2.13. The third-order valence-corrected chi connectivity index (χ3v) is 5.16. The topological polar surface area (TPSA) is 49.8 Å². The summed E-state index contributed by atoms with van der Waals surface area (Å²) in [4.78, 5) is 8.08. The Morgan fingerprint density at radius 3 is 2.28 bits per heavy atom. The van der Waals surface area contributed by atoms with E-state index in [0.29, 0.717) is 5.69 Å². The summed E-state index contributed by atoms with van der Waals surface area (Å²) in [6, 6.07) is 15.1. The van der Waals surface area contributed by atoms with Crippen molar-refractivity contribution in [3.63, 3.8) is 0 Å². The van der Waals surface area contributed by atoms with E-state index >= 15 is 0 Å². The minimum atomic E-state index is -4.57. The molecule has 32 heavy (non-hydrogen) atoms. The molecule has 0 bridgehead atoms. The van der Waals surface area contributed by atoms with Gasteiger partial charge in [-0.1, -0.05) is 63.4 Å². The molecule has 7 heteroatoms. The van der Waals surface area contributed by atoms with Crippen molar-refractivity contribution in [2.24, 2.45) is 0 Å². The van der Waals surface area contributed by atoms with Crippen LogP contribution >= 0.6 is 0 Å². The number of halogens is 3. The first-order chi connectivity index (χ1) is 15.4. The van der Waals surface area contributed by atoms with Crippen molar-refractivity contribution in [3.8, 4) is 0 Å². The number of alkyl halides is 3. The average Bonchev–Trinajstić information content (AvgIpc) is 2.76. The zero-order chi connectivity index (χ0) is 23.0. The Hall–Kier alpha value is -3.09. The van der Waals surface area contributed by atoms with Crippen molar-refractivity contribution in [1.29, 1.82) is 0 Å². The van der Waals surface area contributed by atoms with E-state index < -0.39 is 11.7 Å². The molecule has 3 aromatic rings. The van der Waals surface area contributed by atoms with Gasteiger partial charge in [0.15, 0.2) is 0 Å². The van der Waals surface area contributed by atoms with E-state index in [1.807, 2.05) is 36.4 Å². The van der Waals surface area contributed by atoms with E-state index in [-0.39, 0.29) is 11.8 Å². The Morgan fingerprint density at radius 1 is 0.844 bits per heavy atom. The number of para-hydroxylation sites is 1. The van der Waals surface area contributed by atoms with Crippen molar-refractivity contribution in [1.82, 2.24) is 9.97 Å². The van der Waals surface area contributed by atoms with Crippen LogP contribution in [-0.4, -0.2) is 9.97 Å².